The van der Waals surface area contributed by atoms with E-state index in [9.17, 15) is 0 Å². The smallest absolute Gasteiger partial charge is 0.164 e. The van der Waals surface area contributed by atoms with Crippen molar-refractivity contribution in [2.75, 3.05) is 0 Å². The summed E-state index contributed by atoms with van der Waals surface area (Å²) in [4.78, 5) is 14.7. The van der Waals surface area contributed by atoms with E-state index in [1.54, 1.807) is 0 Å². The van der Waals surface area contributed by atoms with E-state index < -0.39 is 0 Å². The van der Waals surface area contributed by atoms with E-state index in [0.29, 0.717) is 17.5 Å². The third-order valence-electron chi connectivity index (χ3n) is 11.4. The van der Waals surface area contributed by atoms with Crippen molar-refractivity contribution in [1.29, 1.82) is 0 Å². The van der Waals surface area contributed by atoms with Crippen molar-refractivity contribution in [2.24, 2.45) is 0 Å². The van der Waals surface area contributed by atoms with E-state index in [4.69, 9.17) is 15.0 Å². The van der Waals surface area contributed by atoms with Gasteiger partial charge < -0.3 is 0 Å². The number of hydrogen-bond acceptors (Lipinski definition) is 3. The molecule has 1 spiro atoms. The molecule has 0 amide bonds. The Kier molecular flexibility index (Phi) is 7.08. The average molecular weight is 700 g/mol. The van der Waals surface area contributed by atoms with Gasteiger partial charge in [-0.15, -0.1) is 0 Å². The Morgan fingerprint density at radius 1 is 0.236 bits per heavy atom. The molecule has 256 valence electrons. The van der Waals surface area contributed by atoms with Gasteiger partial charge in [0.15, 0.2) is 17.5 Å². The number of nitrogens with zero attached hydrogens (tertiary/aromatic N) is 3. The molecule has 0 atom stereocenters. The van der Waals surface area contributed by atoms with Gasteiger partial charge in [-0.3, -0.25) is 0 Å². The zero-order valence-electron chi connectivity index (χ0n) is 29.9. The van der Waals surface area contributed by atoms with Crippen molar-refractivity contribution >= 4 is 0 Å². The van der Waals surface area contributed by atoms with E-state index in [1.807, 2.05) is 60.7 Å². The molecule has 0 bridgehead atoms. The van der Waals surface area contributed by atoms with E-state index in [-0.39, 0.29) is 5.41 Å². The summed E-state index contributed by atoms with van der Waals surface area (Å²) in [5.74, 6) is 1.97. The largest absolute Gasteiger partial charge is 0.208 e. The molecular formula is C52H33N3. The number of aromatic nitrogens is 3. The maximum atomic E-state index is 4.93. The molecule has 55 heavy (non-hydrogen) atoms. The van der Waals surface area contributed by atoms with Crippen LogP contribution in [0.3, 0.4) is 0 Å². The van der Waals surface area contributed by atoms with Crippen LogP contribution in [-0.4, -0.2) is 15.0 Å². The molecule has 11 rings (SSSR count). The summed E-state index contributed by atoms with van der Waals surface area (Å²) < 4.78 is 0. The summed E-state index contributed by atoms with van der Waals surface area (Å²) in [5.41, 5.74) is 17.9. The summed E-state index contributed by atoms with van der Waals surface area (Å²) in [6, 6.07) is 71.6. The quantitative estimate of drug-likeness (QED) is 0.179. The highest BCUT2D eigenvalue weighted by molar-refractivity contribution is 5.98. The first kappa shape index (κ1) is 31.3. The van der Waals surface area contributed by atoms with Crippen molar-refractivity contribution in [1.82, 2.24) is 15.0 Å². The minimum atomic E-state index is -0.389. The van der Waals surface area contributed by atoms with Crippen LogP contribution in [0, 0.1) is 0 Å². The third-order valence-corrected chi connectivity index (χ3v) is 11.4. The summed E-state index contributed by atoms with van der Waals surface area (Å²) in [7, 11) is 0. The van der Waals surface area contributed by atoms with Crippen molar-refractivity contribution < 1.29 is 0 Å². The van der Waals surface area contributed by atoms with Gasteiger partial charge in [-0.1, -0.05) is 200 Å². The van der Waals surface area contributed by atoms with Crippen LogP contribution >= 0.6 is 0 Å². The van der Waals surface area contributed by atoms with Gasteiger partial charge in [0.2, 0.25) is 0 Å². The van der Waals surface area contributed by atoms with Gasteiger partial charge in [-0.05, 0) is 66.8 Å². The lowest BCUT2D eigenvalue weighted by molar-refractivity contribution is 0.796. The van der Waals surface area contributed by atoms with Crippen LogP contribution in [-0.2, 0) is 5.41 Å². The maximum Gasteiger partial charge on any atom is 0.164 e. The third kappa shape index (κ3) is 4.80. The molecule has 1 aromatic heterocycles. The van der Waals surface area contributed by atoms with Gasteiger partial charge in [0.25, 0.3) is 0 Å². The molecule has 9 aromatic rings. The monoisotopic (exact) mass is 699 g/mol. The van der Waals surface area contributed by atoms with Gasteiger partial charge >= 0.3 is 0 Å². The minimum Gasteiger partial charge on any atom is -0.208 e. The first-order valence-electron chi connectivity index (χ1n) is 18.8. The molecule has 1 heterocycles. The molecule has 0 fully saturated rings. The zero-order chi connectivity index (χ0) is 36.3. The molecule has 0 aliphatic heterocycles. The standard InChI is InChI=1S/C52H33N3/c1-3-14-37(15-4-1)49-53-50(38-16-5-2-6-17-38)55-51(54-49)39-32-28-35(29-33-39)34-26-30-36(31-27-34)40-21-13-22-44-43-20-9-12-25-47(43)52(48(40)44)45-23-10-7-18-41(45)42-19-8-11-24-46(42)52/h1-33H. The summed E-state index contributed by atoms with van der Waals surface area (Å²) in [5, 5.41) is 0. The Bertz CT molecular complexity index is 2770. The molecule has 8 aromatic carbocycles. The van der Waals surface area contributed by atoms with Crippen LogP contribution < -0.4 is 0 Å². The number of fused-ring (bicyclic) bond motifs is 10. The van der Waals surface area contributed by atoms with Crippen LogP contribution in [0.25, 0.3) is 78.7 Å². The second kappa shape index (κ2) is 12.4. The second-order valence-corrected chi connectivity index (χ2v) is 14.3. The Morgan fingerprint density at radius 2 is 0.564 bits per heavy atom. The Morgan fingerprint density at radius 3 is 1.04 bits per heavy atom. The Hall–Kier alpha value is -7.23. The summed E-state index contributed by atoms with van der Waals surface area (Å²) in [6.07, 6.45) is 0. The molecule has 2 aliphatic rings. The van der Waals surface area contributed by atoms with E-state index in [1.165, 1.54) is 55.6 Å². The SMILES string of the molecule is c1ccc(-c2nc(-c3ccccc3)nc(-c3ccc(-c4ccc(-c5cccc6c5C5(c7ccccc7-c7ccccc75)c5ccccc5-6)cc4)cc3)n2)cc1. The predicted octanol–water partition coefficient (Wildman–Crippen LogP) is 12.6. The van der Waals surface area contributed by atoms with Crippen LogP contribution in [0.1, 0.15) is 22.3 Å². The van der Waals surface area contributed by atoms with Crippen molar-refractivity contribution in [3.8, 4) is 78.7 Å². The fourth-order valence-corrected chi connectivity index (χ4v) is 8.99. The lowest BCUT2D eigenvalue weighted by Crippen LogP contribution is -2.26. The fraction of sp³-hybridized carbons (Fsp3) is 0.0192. The van der Waals surface area contributed by atoms with Gasteiger partial charge in [0, 0.05) is 16.7 Å². The number of hydrogen-bond donors (Lipinski definition) is 0. The molecule has 0 N–H and O–H groups in total. The predicted molar refractivity (Wildman–Crippen MR) is 223 cm³/mol. The molecule has 3 heteroatoms. The van der Waals surface area contributed by atoms with Gasteiger partial charge in [0.05, 0.1) is 5.41 Å². The average Bonchev–Trinajstić information content (AvgIpc) is 3.75. The topological polar surface area (TPSA) is 38.7 Å². The van der Waals surface area contributed by atoms with E-state index in [0.717, 1.165) is 27.8 Å². The van der Waals surface area contributed by atoms with Crippen molar-refractivity contribution in [2.45, 2.75) is 5.41 Å². The van der Waals surface area contributed by atoms with E-state index in [2.05, 4.69) is 140 Å². The van der Waals surface area contributed by atoms with Crippen LogP contribution in [0.5, 0.6) is 0 Å². The van der Waals surface area contributed by atoms with Crippen molar-refractivity contribution in [3.05, 3.63) is 222 Å². The highest BCUT2D eigenvalue weighted by Crippen LogP contribution is 2.64. The zero-order valence-corrected chi connectivity index (χ0v) is 29.9. The normalized spacial score (nSPS) is 12.9. The molecular weight excluding hydrogens is 667 g/mol. The lowest BCUT2D eigenvalue weighted by Gasteiger charge is -2.32. The minimum absolute atomic E-state index is 0.389. The van der Waals surface area contributed by atoms with Crippen LogP contribution in [0.4, 0.5) is 0 Å². The molecule has 2 aliphatic carbocycles. The Balaban J connectivity index is 0.985. The van der Waals surface area contributed by atoms with Crippen molar-refractivity contribution in [3.63, 3.8) is 0 Å². The molecule has 0 radical (unpaired) electrons. The summed E-state index contributed by atoms with van der Waals surface area (Å²) >= 11 is 0. The number of rotatable bonds is 5. The molecule has 0 saturated heterocycles. The molecule has 3 nitrogen and oxygen atoms in total. The van der Waals surface area contributed by atoms with Gasteiger partial charge in [0.1, 0.15) is 0 Å². The van der Waals surface area contributed by atoms with E-state index >= 15 is 0 Å². The maximum absolute atomic E-state index is 4.93. The van der Waals surface area contributed by atoms with Gasteiger partial charge in [-0.25, -0.2) is 15.0 Å². The number of benzene rings is 8. The highest BCUT2D eigenvalue weighted by atomic mass is 15.0. The Labute approximate surface area is 320 Å². The highest BCUT2D eigenvalue weighted by Gasteiger charge is 2.52. The van der Waals surface area contributed by atoms with Gasteiger partial charge in [-0.2, -0.15) is 0 Å². The first-order valence-corrected chi connectivity index (χ1v) is 18.8. The van der Waals surface area contributed by atoms with Crippen LogP contribution in [0.15, 0.2) is 200 Å². The molecule has 0 unspecified atom stereocenters. The lowest BCUT2D eigenvalue weighted by atomic mass is 9.68. The molecule has 0 saturated carbocycles. The second-order valence-electron chi connectivity index (χ2n) is 14.3. The van der Waals surface area contributed by atoms with Crippen LogP contribution in [0.2, 0.25) is 0 Å². The fourth-order valence-electron chi connectivity index (χ4n) is 8.99. The first-order chi connectivity index (χ1) is 27.3. The summed E-state index contributed by atoms with van der Waals surface area (Å²) in [6.45, 7) is 0.